The summed E-state index contributed by atoms with van der Waals surface area (Å²) in [5.74, 6) is 5.74. The second-order valence-electron chi connectivity index (χ2n) is 4.08. The zero-order chi connectivity index (χ0) is 12.4. The summed E-state index contributed by atoms with van der Waals surface area (Å²) >= 11 is 5.24. The van der Waals surface area contributed by atoms with E-state index in [-0.39, 0.29) is 6.04 Å². The van der Waals surface area contributed by atoms with Crippen LogP contribution in [0.2, 0.25) is 0 Å². The summed E-state index contributed by atoms with van der Waals surface area (Å²) in [6.07, 6.45) is 0. The Morgan fingerprint density at radius 3 is 2.35 bits per heavy atom. The maximum Gasteiger partial charge on any atom is 0.0734 e. The predicted molar refractivity (Wildman–Crippen MR) is 77.1 cm³/mol. The van der Waals surface area contributed by atoms with Gasteiger partial charge in [-0.2, -0.15) is 11.3 Å². The summed E-state index contributed by atoms with van der Waals surface area (Å²) in [5, 5.41) is 4.20. The zero-order valence-electron chi connectivity index (χ0n) is 9.83. The molecule has 90 valence electrons. The lowest BCUT2D eigenvalue weighted by atomic mass is 9.93. The fourth-order valence-electron chi connectivity index (χ4n) is 2.11. The maximum absolute atomic E-state index is 5.74. The number of aryl methyl sites for hydroxylation is 2. The van der Waals surface area contributed by atoms with Gasteiger partial charge in [-0.05, 0) is 57.4 Å². The van der Waals surface area contributed by atoms with Gasteiger partial charge in [-0.1, -0.05) is 18.2 Å². The molecule has 0 aliphatic carbocycles. The van der Waals surface area contributed by atoms with Crippen LogP contribution in [-0.2, 0) is 0 Å². The molecular weight excluding hydrogens is 296 g/mol. The van der Waals surface area contributed by atoms with Gasteiger partial charge in [0.25, 0.3) is 0 Å². The van der Waals surface area contributed by atoms with E-state index in [1.165, 1.54) is 22.3 Å². The number of hydrogen-bond donors (Lipinski definition) is 2. The molecule has 1 heterocycles. The topological polar surface area (TPSA) is 38.0 Å². The average Bonchev–Trinajstić information content (AvgIpc) is 2.70. The van der Waals surface area contributed by atoms with Crippen LogP contribution in [0.5, 0.6) is 0 Å². The number of rotatable bonds is 3. The number of hydrazine groups is 1. The smallest absolute Gasteiger partial charge is 0.0734 e. The van der Waals surface area contributed by atoms with Gasteiger partial charge in [0.05, 0.1) is 6.04 Å². The van der Waals surface area contributed by atoms with Crippen molar-refractivity contribution in [2.45, 2.75) is 19.9 Å². The van der Waals surface area contributed by atoms with Crippen LogP contribution >= 0.6 is 27.3 Å². The molecule has 2 rings (SSSR count). The van der Waals surface area contributed by atoms with Crippen LogP contribution in [0.15, 0.2) is 33.4 Å². The second-order valence-corrected chi connectivity index (χ2v) is 5.68. The molecule has 2 nitrogen and oxygen atoms in total. The molecule has 4 heteroatoms. The number of nitrogens with two attached hydrogens (primary N) is 1. The van der Waals surface area contributed by atoms with Crippen molar-refractivity contribution in [2.75, 3.05) is 0 Å². The number of hydrogen-bond acceptors (Lipinski definition) is 3. The number of nitrogens with one attached hydrogen (secondary N) is 1. The Bertz CT molecular complexity index is 502. The first kappa shape index (κ1) is 12.8. The van der Waals surface area contributed by atoms with Crippen LogP contribution in [0.25, 0.3) is 0 Å². The van der Waals surface area contributed by atoms with E-state index in [0.717, 1.165) is 4.47 Å². The van der Waals surface area contributed by atoms with Gasteiger partial charge in [-0.15, -0.1) is 0 Å². The van der Waals surface area contributed by atoms with Gasteiger partial charge in [0, 0.05) is 9.85 Å². The molecule has 1 unspecified atom stereocenters. The SMILES string of the molecule is Cc1cccc(C)c1C(NN)c1cscc1Br. The van der Waals surface area contributed by atoms with Crippen molar-refractivity contribution >= 4 is 27.3 Å². The molecule has 1 aromatic carbocycles. The Morgan fingerprint density at radius 2 is 1.88 bits per heavy atom. The van der Waals surface area contributed by atoms with E-state index < -0.39 is 0 Å². The quantitative estimate of drug-likeness (QED) is 0.670. The molecule has 0 amide bonds. The molecule has 2 aromatic rings. The molecule has 17 heavy (non-hydrogen) atoms. The van der Waals surface area contributed by atoms with Crippen LogP contribution < -0.4 is 11.3 Å². The van der Waals surface area contributed by atoms with Crippen LogP contribution in [0.3, 0.4) is 0 Å². The molecule has 0 radical (unpaired) electrons. The van der Waals surface area contributed by atoms with Crippen LogP contribution in [0, 0.1) is 13.8 Å². The van der Waals surface area contributed by atoms with Gasteiger partial charge in [0.1, 0.15) is 0 Å². The monoisotopic (exact) mass is 310 g/mol. The third-order valence-electron chi connectivity index (χ3n) is 2.95. The van der Waals surface area contributed by atoms with Crippen molar-refractivity contribution in [3.63, 3.8) is 0 Å². The maximum atomic E-state index is 5.74. The highest BCUT2D eigenvalue weighted by Gasteiger charge is 2.19. The van der Waals surface area contributed by atoms with Crippen molar-refractivity contribution in [3.05, 3.63) is 55.7 Å². The highest BCUT2D eigenvalue weighted by atomic mass is 79.9. The molecule has 0 spiro atoms. The van der Waals surface area contributed by atoms with E-state index >= 15 is 0 Å². The average molecular weight is 311 g/mol. The minimum Gasteiger partial charge on any atom is -0.271 e. The summed E-state index contributed by atoms with van der Waals surface area (Å²) in [5.41, 5.74) is 7.88. The van der Waals surface area contributed by atoms with Gasteiger partial charge in [0.2, 0.25) is 0 Å². The third kappa shape index (κ3) is 2.45. The lowest BCUT2D eigenvalue weighted by Crippen LogP contribution is -2.29. The summed E-state index contributed by atoms with van der Waals surface area (Å²) in [6, 6.07) is 6.35. The predicted octanol–water partition coefficient (Wildman–Crippen LogP) is 3.68. The van der Waals surface area contributed by atoms with Crippen molar-refractivity contribution in [2.24, 2.45) is 5.84 Å². The highest BCUT2D eigenvalue weighted by Crippen LogP contribution is 2.33. The van der Waals surface area contributed by atoms with E-state index in [4.69, 9.17) is 5.84 Å². The summed E-state index contributed by atoms with van der Waals surface area (Å²) in [6.45, 7) is 4.24. The second kappa shape index (κ2) is 5.31. The normalized spacial score (nSPS) is 12.7. The zero-order valence-corrected chi connectivity index (χ0v) is 12.2. The molecule has 0 saturated heterocycles. The Hall–Kier alpha value is -0.680. The molecule has 3 N–H and O–H groups in total. The first-order valence-electron chi connectivity index (χ1n) is 5.39. The number of halogens is 1. The largest absolute Gasteiger partial charge is 0.271 e. The standard InChI is InChI=1S/C13H15BrN2S/c1-8-4-3-5-9(2)12(8)13(16-15)10-6-17-7-11(10)14/h3-7,13,16H,15H2,1-2H3. The molecular formula is C13H15BrN2S. The van der Waals surface area contributed by atoms with Crippen LogP contribution in [-0.4, -0.2) is 0 Å². The van der Waals surface area contributed by atoms with E-state index in [2.05, 4.69) is 64.2 Å². The molecule has 0 aliphatic rings. The Kier molecular flexibility index (Phi) is 3.99. The van der Waals surface area contributed by atoms with Gasteiger partial charge < -0.3 is 0 Å². The minimum absolute atomic E-state index is 0.0387. The molecule has 0 saturated carbocycles. The first-order valence-corrected chi connectivity index (χ1v) is 7.12. The number of thiophene rings is 1. The van der Waals surface area contributed by atoms with Gasteiger partial charge in [-0.3, -0.25) is 5.84 Å². The Balaban J connectivity index is 2.53. The summed E-state index contributed by atoms with van der Waals surface area (Å²) in [7, 11) is 0. The van der Waals surface area contributed by atoms with Crippen LogP contribution in [0.1, 0.15) is 28.3 Å². The van der Waals surface area contributed by atoms with Crippen molar-refractivity contribution < 1.29 is 0 Å². The molecule has 0 fully saturated rings. The fraction of sp³-hybridized carbons (Fsp3) is 0.231. The van der Waals surface area contributed by atoms with Crippen molar-refractivity contribution in [1.82, 2.24) is 5.43 Å². The molecule has 0 bridgehead atoms. The van der Waals surface area contributed by atoms with Gasteiger partial charge >= 0.3 is 0 Å². The third-order valence-corrected chi connectivity index (χ3v) is 4.70. The van der Waals surface area contributed by atoms with E-state index in [0.29, 0.717) is 0 Å². The van der Waals surface area contributed by atoms with Crippen LogP contribution in [0.4, 0.5) is 0 Å². The van der Waals surface area contributed by atoms with Gasteiger partial charge in [0.15, 0.2) is 0 Å². The van der Waals surface area contributed by atoms with E-state index in [9.17, 15) is 0 Å². The highest BCUT2D eigenvalue weighted by molar-refractivity contribution is 9.10. The summed E-state index contributed by atoms with van der Waals surface area (Å²) < 4.78 is 1.10. The lowest BCUT2D eigenvalue weighted by Gasteiger charge is -2.20. The lowest BCUT2D eigenvalue weighted by molar-refractivity contribution is 0.630. The Morgan fingerprint density at radius 1 is 1.24 bits per heavy atom. The molecule has 0 aliphatic heterocycles. The van der Waals surface area contributed by atoms with E-state index in [1.807, 2.05) is 0 Å². The number of benzene rings is 1. The van der Waals surface area contributed by atoms with Gasteiger partial charge in [-0.25, -0.2) is 5.43 Å². The fourth-order valence-corrected chi connectivity index (χ4v) is 3.66. The molecule has 1 aromatic heterocycles. The minimum atomic E-state index is 0.0387. The van der Waals surface area contributed by atoms with Crippen molar-refractivity contribution in [1.29, 1.82) is 0 Å². The summed E-state index contributed by atoms with van der Waals surface area (Å²) in [4.78, 5) is 0. The Labute approximate surface area is 114 Å². The van der Waals surface area contributed by atoms with E-state index in [1.54, 1.807) is 11.3 Å². The molecule has 1 atom stereocenters. The first-order chi connectivity index (χ1) is 8.15. The van der Waals surface area contributed by atoms with Crippen molar-refractivity contribution in [3.8, 4) is 0 Å².